The Morgan fingerprint density at radius 3 is 2.46 bits per heavy atom. The lowest BCUT2D eigenvalue weighted by molar-refractivity contribution is 0.415. The highest BCUT2D eigenvalue weighted by Crippen LogP contribution is 2.36. The molecule has 128 valence electrons. The minimum absolute atomic E-state index is 0.310. The molecule has 0 fully saturated rings. The second-order valence-corrected chi connectivity index (χ2v) is 7.14. The van der Waals surface area contributed by atoms with Crippen molar-refractivity contribution in [2.45, 2.75) is 13.3 Å². The third kappa shape index (κ3) is 2.65. The second kappa shape index (κ2) is 6.66. The van der Waals surface area contributed by atoms with Crippen molar-refractivity contribution in [3.8, 4) is 34.3 Å². The number of hydrogen-bond donors (Lipinski definition) is 0. The molecule has 5 heteroatoms. The van der Waals surface area contributed by atoms with Gasteiger partial charge in [0.2, 0.25) is 0 Å². The maximum Gasteiger partial charge on any atom is 0.195 e. The summed E-state index contributed by atoms with van der Waals surface area (Å²) in [7, 11) is 1.66. The minimum atomic E-state index is 0.310. The summed E-state index contributed by atoms with van der Waals surface area (Å²) in [5.41, 5.74) is 5.03. The summed E-state index contributed by atoms with van der Waals surface area (Å²) in [5.74, 6) is 0.825. The predicted octanol–water partition coefficient (Wildman–Crippen LogP) is 5.11. The standard InChI is InChI=1S/C21H17N3OS/c1-14-20(16-8-10-17(25-2)11-9-16)24-18(12-13-22)19(23-21(24)26-14)15-6-4-3-5-7-15/h3-11H,12H2,1-2H3. The van der Waals surface area contributed by atoms with Crippen LogP contribution in [0.2, 0.25) is 0 Å². The van der Waals surface area contributed by atoms with Gasteiger partial charge in [0.1, 0.15) is 5.75 Å². The van der Waals surface area contributed by atoms with Crippen molar-refractivity contribution in [2.24, 2.45) is 0 Å². The van der Waals surface area contributed by atoms with Crippen molar-refractivity contribution < 1.29 is 4.74 Å². The summed E-state index contributed by atoms with van der Waals surface area (Å²) in [6.07, 6.45) is 0.310. The van der Waals surface area contributed by atoms with E-state index < -0.39 is 0 Å². The zero-order valence-electron chi connectivity index (χ0n) is 14.6. The van der Waals surface area contributed by atoms with Crippen LogP contribution in [0.3, 0.4) is 0 Å². The van der Waals surface area contributed by atoms with Crippen LogP contribution in [0.15, 0.2) is 54.6 Å². The van der Waals surface area contributed by atoms with E-state index in [0.717, 1.165) is 38.9 Å². The molecule has 2 heterocycles. The van der Waals surface area contributed by atoms with Crippen LogP contribution in [0.4, 0.5) is 0 Å². The number of rotatable bonds is 4. The highest BCUT2D eigenvalue weighted by Gasteiger charge is 2.20. The first kappa shape index (κ1) is 16.4. The first-order valence-electron chi connectivity index (χ1n) is 8.30. The Morgan fingerprint density at radius 1 is 1.08 bits per heavy atom. The average molecular weight is 359 g/mol. The zero-order valence-corrected chi connectivity index (χ0v) is 15.4. The number of methoxy groups -OCH3 is 1. The molecule has 0 amide bonds. The fourth-order valence-electron chi connectivity index (χ4n) is 3.22. The molecule has 0 bridgehead atoms. The normalized spacial score (nSPS) is 10.8. The highest BCUT2D eigenvalue weighted by atomic mass is 32.1. The Bertz CT molecular complexity index is 1100. The molecule has 0 aliphatic heterocycles. The first-order chi connectivity index (χ1) is 12.7. The summed E-state index contributed by atoms with van der Waals surface area (Å²) >= 11 is 1.65. The largest absolute Gasteiger partial charge is 0.497 e. The molecule has 2 aromatic carbocycles. The van der Waals surface area contributed by atoms with Gasteiger partial charge < -0.3 is 4.74 Å². The first-order valence-corrected chi connectivity index (χ1v) is 9.12. The summed E-state index contributed by atoms with van der Waals surface area (Å²) < 4.78 is 7.40. The number of hydrogen-bond acceptors (Lipinski definition) is 4. The summed E-state index contributed by atoms with van der Waals surface area (Å²) in [6, 6.07) is 20.4. The number of fused-ring (bicyclic) bond motifs is 1. The number of ether oxygens (including phenoxy) is 1. The lowest BCUT2D eigenvalue weighted by Gasteiger charge is -2.07. The van der Waals surface area contributed by atoms with E-state index in [-0.39, 0.29) is 0 Å². The van der Waals surface area contributed by atoms with Gasteiger partial charge in [-0.25, -0.2) is 4.98 Å². The van der Waals surface area contributed by atoms with E-state index in [9.17, 15) is 5.26 Å². The maximum absolute atomic E-state index is 9.40. The Hall–Kier alpha value is -3.10. The number of aromatic nitrogens is 2. The predicted molar refractivity (Wildman–Crippen MR) is 105 cm³/mol. The van der Waals surface area contributed by atoms with E-state index in [2.05, 4.69) is 17.4 Å². The molecule has 0 aliphatic rings. The lowest BCUT2D eigenvalue weighted by atomic mass is 10.1. The molecule has 4 rings (SSSR count). The van der Waals surface area contributed by atoms with E-state index in [1.54, 1.807) is 18.4 Å². The topological polar surface area (TPSA) is 50.3 Å². The zero-order chi connectivity index (χ0) is 18.1. The Kier molecular flexibility index (Phi) is 4.19. The van der Waals surface area contributed by atoms with Crippen LogP contribution < -0.4 is 4.74 Å². The van der Waals surface area contributed by atoms with Gasteiger partial charge in [-0.1, -0.05) is 30.3 Å². The Labute approximate surface area is 155 Å². The van der Waals surface area contributed by atoms with E-state index in [1.807, 2.05) is 54.6 Å². The van der Waals surface area contributed by atoms with E-state index in [4.69, 9.17) is 9.72 Å². The van der Waals surface area contributed by atoms with Gasteiger partial charge in [0.25, 0.3) is 0 Å². The SMILES string of the molecule is COc1ccc(-c2c(C)sc3nc(-c4ccccc4)c(CC#N)n23)cc1. The number of thiazole rings is 1. The summed E-state index contributed by atoms with van der Waals surface area (Å²) in [4.78, 5) is 6.94. The van der Waals surface area contributed by atoms with Crippen LogP contribution in [-0.4, -0.2) is 16.5 Å². The third-order valence-corrected chi connectivity index (χ3v) is 5.36. The van der Waals surface area contributed by atoms with Gasteiger partial charge in [-0.3, -0.25) is 4.40 Å². The fraction of sp³-hybridized carbons (Fsp3) is 0.143. The third-order valence-electron chi connectivity index (χ3n) is 4.40. The van der Waals surface area contributed by atoms with Crippen molar-refractivity contribution in [1.82, 2.24) is 9.38 Å². The number of nitrogens with zero attached hydrogens (tertiary/aromatic N) is 3. The molecule has 0 atom stereocenters. The minimum Gasteiger partial charge on any atom is -0.497 e. The lowest BCUT2D eigenvalue weighted by Crippen LogP contribution is -1.96. The van der Waals surface area contributed by atoms with Crippen molar-refractivity contribution in [2.75, 3.05) is 7.11 Å². The number of imidazole rings is 1. The average Bonchev–Trinajstić information content (AvgIpc) is 3.18. The number of nitriles is 1. The van der Waals surface area contributed by atoms with Crippen LogP contribution in [-0.2, 0) is 6.42 Å². The quantitative estimate of drug-likeness (QED) is 0.508. The fourth-order valence-corrected chi connectivity index (χ4v) is 4.23. The molecule has 0 spiro atoms. The van der Waals surface area contributed by atoms with Crippen molar-refractivity contribution >= 4 is 16.3 Å². The molecule has 2 aromatic heterocycles. The summed E-state index contributed by atoms with van der Waals surface area (Å²) in [5, 5.41) is 9.40. The monoisotopic (exact) mass is 359 g/mol. The molecule has 0 saturated heterocycles. The van der Waals surface area contributed by atoms with Gasteiger partial charge in [0.15, 0.2) is 4.96 Å². The molecule has 4 aromatic rings. The Balaban J connectivity index is 1.97. The maximum atomic E-state index is 9.40. The van der Waals surface area contributed by atoms with E-state index in [1.165, 1.54) is 4.88 Å². The molecule has 0 radical (unpaired) electrons. The number of aryl methyl sites for hydroxylation is 1. The molecule has 0 aliphatic carbocycles. The van der Waals surface area contributed by atoms with Gasteiger partial charge in [-0.2, -0.15) is 5.26 Å². The number of benzene rings is 2. The van der Waals surface area contributed by atoms with Gasteiger partial charge in [0.05, 0.1) is 36.7 Å². The van der Waals surface area contributed by atoms with Crippen LogP contribution in [0.25, 0.3) is 27.5 Å². The smallest absolute Gasteiger partial charge is 0.195 e. The van der Waals surface area contributed by atoms with Gasteiger partial charge >= 0.3 is 0 Å². The van der Waals surface area contributed by atoms with Crippen molar-refractivity contribution in [3.05, 3.63) is 65.2 Å². The van der Waals surface area contributed by atoms with Gasteiger partial charge in [-0.05, 0) is 36.8 Å². The Morgan fingerprint density at radius 2 is 1.81 bits per heavy atom. The molecular formula is C21H17N3OS. The van der Waals surface area contributed by atoms with Crippen molar-refractivity contribution in [1.29, 1.82) is 5.26 Å². The van der Waals surface area contributed by atoms with Gasteiger partial charge in [-0.15, -0.1) is 11.3 Å². The second-order valence-electron chi connectivity index (χ2n) is 5.96. The van der Waals surface area contributed by atoms with Crippen LogP contribution >= 0.6 is 11.3 Å². The highest BCUT2D eigenvalue weighted by molar-refractivity contribution is 7.17. The van der Waals surface area contributed by atoms with Crippen LogP contribution in [0.1, 0.15) is 10.6 Å². The molecule has 26 heavy (non-hydrogen) atoms. The molecule has 4 nitrogen and oxygen atoms in total. The van der Waals surface area contributed by atoms with Gasteiger partial charge in [0, 0.05) is 10.4 Å². The van der Waals surface area contributed by atoms with Crippen LogP contribution in [0.5, 0.6) is 5.75 Å². The van der Waals surface area contributed by atoms with E-state index >= 15 is 0 Å². The van der Waals surface area contributed by atoms with Crippen LogP contribution in [0, 0.1) is 18.3 Å². The van der Waals surface area contributed by atoms with E-state index in [0.29, 0.717) is 6.42 Å². The molecular weight excluding hydrogens is 342 g/mol. The molecule has 0 unspecified atom stereocenters. The summed E-state index contributed by atoms with van der Waals surface area (Å²) in [6.45, 7) is 2.09. The van der Waals surface area contributed by atoms with Crippen molar-refractivity contribution in [3.63, 3.8) is 0 Å². The molecule has 0 saturated carbocycles. The molecule has 0 N–H and O–H groups in total.